The van der Waals surface area contributed by atoms with Crippen LogP contribution in [0, 0.1) is 5.92 Å². The molecule has 5 nitrogen and oxygen atoms in total. The Balaban J connectivity index is 1.13. The minimum Gasteiger partial charge on any atom is -0.356 e. The summed E-state index contributed by atoms with van der Waals surface area (Å²) in [5.74, 6) is 2.45. The summed E-state index contributed by atoms with van der Waals surface area (Å²) in [5.41, 5.74) is 3.29. The molecule has 1 aromatic heterocycles. The van der Waals surface area contributed by atoms with Gasteiger partial charge in [-0.25, -0.2) is 9.97 Å². The molecule has 0 N–H and O–H groups in total. The Bertz CT molecular complexity index is 1140. The van der Waals surface area contributed by atoms with Crippen molar-refractivity contribution in [3.05, 3.63) is 82.5 Å². The van der Waals surface area contributed by atoms with E-state index in [0.717, 1.165) is 68.1 Å². The van der Waals surface area contributed by atoms with Gasteiger partial charge in [0.1, 0.15) is 11.0 Å². The van der Waals surface area contributed by atoms with Gasteiger partial charge in [0.25, 0.3) is 5.91 Å². The summed E-state index contributed by atoms with van der Waals surface area (Å²) in [6, 6.07) is 20.5. The molecule has 0 spiro atoms. The van der Waals surface area contributed by atoms with Gasteiger partial charge in [-0.2, -0.15) is 0 Å². The van der Waals surface area contributed by atoms with E-state index >= 15 is 0 Å². The van der Waals surface area contributed by atoms with Crippen LogP contribution in [0.1, 0.15) is 53.6 Å². The van der Waals surface area contributed by atoms with Gasteiger partial charge in [-0.1, -0.05) is 65.8 Å². The third-order valence-corrected chi connectivity index (χ3v) is 8.29. The van der Waals surface area contributed by atoms with E-state index in [1.807, 2.05) is 35.2 Å². The molecule has 2 aromatic carbocycles. The smallest absolute Gasteiger partial charge is 0.253 e. The van der Waals surface area contributed by atoms with Gasteiger partial charge in [0.15, 0.2) is 5.16 Å². The molecule has 0 aliphatic carbocycles. The Morgan fingerprint density at radius 1 is 0.889 bits per heavy atom. The highest BCUT2D eigenvalue weighted by atomic mass is 35.5. The van der Waals surface area contributed by atoms with Crippen LogP contribution < -0.4 is 4.90 Å². The van der Waals surface area contributed by atoms with Crippen LogP contribution in [0.5, 0.6) is 0 Å². The maximum Gasteiger partial charge on any atom is 0.253 e. The van der Waals surface area contributed by atoms with Crippen molar-refractivity contribution < 1.29 is 4.79 Å². The highest BCUT2D eigenvalue weighted by molar-refractivity contribution is 7.98. The van der Waals surface area contributed by atoms with Crippen molar-refractivity contribution in [3.8, 4) is 0 Å². The van der Waals surface area contributed by atoms with Gasteiger partial charge >= 0.3 is 0 Å². The summed E-state index contributed by atoms with van der Waals surface area (Å²) < 4.78 is 0. The summed E-state index contributed by atoms with van der Waals surface area (Å²) in [6.45, 7) is 3.72. The zero-order valence-corrected chi connectivity index (χ0v) is 22.2. The zero-order chi connectivity index (χ0) is 24.7. The third-order valence-electron chi connectivity index (χ3n) is 7.18. The molecule has 2 aliphatic rings. The van der Waals surface area contributed by atoms with Crippen molar-refractivity contribution in [2.75, 3.05) is 31.1 Å². The number of carbonyl (C=O) groups is 1. The molecule has 3 heterocycles. The first-order valence-corrected chi connectivity index (χ1v) is 14.3. The Kier molecular flexibility index (Phi) is 8.44. The fourth-order valence-corrected chi connectivity index (χ4v) is 6.13. The Morgan fingerprint density at radius 2 is 1.61 bits per heavy atom. The van der Waals surface area contributed by atoms with Crippen LogP contribution >= 0.6 is 23.4 Å². The molecule has 3 aromatic rings. The van der Waals surface area contributed by atoms with Gasteiger partial charge in [0, 0.05) is 43.6 Å². The fourth-order valence-electron chi connectivity index (χ4n) is 5.10. The molecule has 0 saturated carbocycles. The lowest BCUT2D eigenvalue weighted by atomic mass is 9.90. The van der Waals surface area contributed by atoms with E-state index in [2.05, 4.69) is 40.2 Å². The van der Waals surface area contributed by atoms with Crippen molar-refractivity contribution in [3.63, 3.8) is 0 Å². The summed E-state index contributed by atoms with van der Waals surface area (Å²) in [5, 5.41) is 1.18. The summed E-state index contributed by atoms with van der Waals surface area (Å²) in [4.78, 5) is 26.5. The van der Waals surface area contributed by atoms with E-state index in [0.29, 0.717) is 16.2 Å². The molecular weight excluding hydrogens is 488 g/mol. The lowest BCUT2D eigenvalue weighted by Gasteiger charge is -2.32. The van der Waals surface area contributed by atoms with E-state index < -0.39 is 0 Å². The van der Waals surface area contributed by atoms with E-state index in [4.69, 9.17) is 16.6 Å². The Labute approximate surface area is 223 Å². The summed E-state index contributed by atoms with van der Waals surface area (Å²) >= 11 is 7.88. The molecule has 0 atom stereocenters. The van der Waals surface area contributed by atoms with Crippen LogP contribution in [0.4, 0.5) is 5.82 Å². The minimum atomic E-state index is 0.136. The second-order valence-electron chi connectivity index (χ2n) is 9.79. The van der Waals surface area contributed by atoms with Crippen molar-refractivity contribution in [1.82, 2.24) is 14.9 Å². The summed E-state index contributed by atoms with van der Waals surface area (Å²) in [7, 11) is 0. The standard InChI is InChI=1S/C29H33ClN4OS/c30-26-20-27(33-15-5-2-6-16-33)32-29(31-26)36-21-24-9-11-25(12-10-24)28(35)34-17-13-23(14-18-34)19-22-7-3-1-4-8-22/h1,3-4,7-12,20,23H,2,5-6,13-19,21H2. The first-order chi connectivity index (χ1) is 17.6. The molecule has 0 unspecified atom stereocenters. The van der Waals surface area contributed by atoms with Crippen molar-refractivity contribution in [2.45, 2.75) is 49.4 Å². The van der Waals surface area contributed by atoms with Crippen LogP contribution in [0.25, 0.3) is 0 Å². The van der Waals surface area contributed by atoms with Gasteiger partial charge in [0.05, 0.1) is 0 Å². The van der Waals surface area contributed by atoms with Gasteiger partial charge in [-0.15, -0.1) is 0 Å². The minimum absolute atomic E-state index is 0.136. The number of nitrogens with zero attached hydrogens (tertiary/aromatic N) is 4. The van der Waals surface area contributed by atoms with E-state index in [-0.39, 0.29) is 5.91 Å². The molecule has 5 rings (SSSR count). The average Bonchev–Trinajstić information content (AvgIpc) is 2.93. The van der Waals surface area contributed by atoms with Crippen LogP contribution in [0.15, 0.2) is 65.8 Å². The number of hydrogen-bond acceptors (Lipinski definition) is 5. The quantitative estimate of drug-likeness (QED) is 0.202. The number of amides is 1. The molecule has 0 bridgehead atoms. The number of aromatic nitrogens is 2. The number of carbonyl (C=O) groups excluding carboxylic acids is 1. The Hall–Kier alpha value is -2.57. The molecule has 188 valence electrons. The van der Waals surface area contributed by atoms with Gasteiger partial charge < -0.3 is 9.80 Å². The number of thioether (sulfide) groups is 1. The number of anilines is 1. The maximum atomic E-state index is 13.1. The van der Waals surface area contributed by atoms with Crippen molar-refractivity contribution in [1.29, 1.82) is 0 Å². The number of piperidine rings is 2. The number of benzene rings is 2. The monoisotopic (exact) mass is 520 g/mol. The van der Waals surface area contributed by atoms with Crippen molar-refractivity contribution in [2.24, 2.45) is 5.92 Å². The van der Waals surface area contributed by atoms with Gasteiger partial charge in [-0.05, 0) is 67.7 Å². The zero-order valence-electron chi connectivity index (χ0n) is 20.6. The number of rotatable bonds is 7. The van der Waals surface area contributed by atoms with E-state index in [9.17, 15) is 4.79 Å². The van der Waals surface area contributed by atoms with Crippen LogP contribution in [-0.2, 0) is 12.2 Å². The first-order valence-electron chi connectivity index (χ1n) is 13.0. The van der Waals surface area contributed by atoms with E-state index in [1.165, 1.54) is 24.8 Å². The normalized spacial score (nSPS) is 16.8. The molecule has 2 aliphatic heterocycles. The highest BCUT2D eigenvalue weighted by Gasteiger charge is 2.24. The molecule has 1 amide bonds. The van der Waals surface area contributed by atoms with Gasteiger partial charge in [-0.3, -0.25) is 4.79 Å². The van der Waals surface area contributed by atoms with Crippen LogP contribution in [-0.4, -0.2) is 47.0 Å². The SMILES string of the molecule is O=C(c1ccc(CSc2nc(Cl)cc(N3CCCCC3)n2)cc1)N1CCC(Cc2ccccc2)CC1. The highest BCUT2D eigenvalue weighted by Crippen LogP contribution is 2.27. The summed E-state index contributed by atoms with van der Waals surface area (Å²) in [6.07, 6.45) is 6.90. The lowest BCUT2D eigenvalue weighted by Crippen LogP contribution is -2.38. The number of hydrogen-bond donors (Lipinski definition) is 0. The second kappa shape index (κ2) is 12.1. The molecule has 7 heteroatoms. The van der Waals surface area contributed by atoms with Crippen LogP contribution in [0.3, 0.4) is 0 Å². The van der Waals surface area contributed by atoms with Crippen molar-refractivity contribution >= 4 is 35.1 Å². The number of halogens is 1. The maximum absolute atomic E-state index is 13.1. The molecule has 2 fully saturated rings. The average molecular weight is 521 g/mol. The van der Waals surface area contributed by atoms with Crippen LogP contribution in [0.2, 0.25) is 5.15 Å². The fraction of sp³-hybridized carbons (Fsp3) is 0.414. The second-order valence-corrected chi connectivity index (χ2v) is 11.1. The first kappa shape index (κ1) is 25.1. The molecule has 36 heavy (non-hydrogen) atoms. The van der Waals surface area contributed by atoms with E-state index in [1.54, 1.807) is 11.8 Å². The third kappa shape index (κ3) is 6.60. The molecule has 0 radical (unpaired) electrons. The topological polar surface area (TPSA) is 49.3 Å². The predicted octanol–water partition coefficient (Wildman–Crippen LogP) is 6.51. The Morgan fingerprint density at radius 3 is 2.33 bits per heavy atom. The predicted molar refractivity (Wildman–Crippen MR) is 148 cm³/mol. The van der Waals surface area contributed by atoms with Gasteiger partial charge in [0.2, 0.25) is 0 Å². The molecular formula is C29H33ClN4OS. The number of likely N-dealkylation sites (tertiary alicyclic amines) is 1. The largest absolute Gasteiger partial charge is 0.356 e. The molecule has 2 saturated heterocycles. The lowest BCUT2D eigenvalue weighted by molar-refractivity contribution is 0.0690.